The lowest BCUT2D eigenvalue weighted by Crippen LogP contribution is -2.63. The third-order valence-corrected chi connectivity index (χ3v) is 11.8. The van der Waals surface area contributed by atoms with Gasteiger partial charge in [0, 0.05) is 4.83 Å². The van der Waals surface area contributed by atoms with Crippen LogP contribution in [0.3, 0.4) is 0 Å². The number of fused-ring (bicyclic) bond motifs is 1. The molecule has 8 heteroatoms. The van der Waals surface area contributed by atoms with Gasteiger partial charge < -0.3 is 34.3 Å². The Balaban J connectivity index is 1.33. The molecule has 10 atom stereocenters. The predicted molar refractivity (Wildman–Crippen MR) is 151 cm³/mol. The maximum Gasteiger partial charge on any atom is 0.0923 e. The van der Waals surface area contributed by atoms with Gasteiger partial charge >= 0.3 is 0 Å². The van der Waals surface area contributed by atoms with E-state index in [1.165, 1.54) is 0 Å². The Morgan fingerprint density at radius 3 is 2.05 bits per heavy atom. The summed E-state index contributed by atoms with van der Waals surface area (Å²) < 4.78 is 26.1. The van der Waals surface area contributed by atoms with Crippen molar-refractivity contribution in [1.29, 1.82) is 0 Å². The summed E-state index contributed by atoms with van der Waals surface area (Å²) in [6.07, 6.45) is 6.09. The van der Waals surface area contributed by atoms with Gasteiger partial charge in [-0.1, -0.05) is 15.9 Å². The number of rotatable bonds is 7. The Bertz CT molecular complexity index is 843. The molecule has 4 heterocycles. The molecule has 0 saturated carbocycles. The molecular formula is C30H53BrO7. The molecule has 38 heavy (non-hydrogen) atoms. The van der Waals surface area contributed by atoms with Crippen LogP contribution in [0.25, 0.3) is 0 Å². The highest BCUT2D eigenvalue weighted by atomic mass is 79.9. The van der Waals surface area contributed by atoms with Crippen molar-refractivity contribution >= 4 is 15.9 Å². The average Bonchev–Trinajstić information content (AvgIpc) is 3.23. The lowest BCUT2D eigenvalue weighted by molar-refractivity contribution is -0.301. The van der Waals surface area contributed by atoms with Crippen molar-refractivity contribution in [3.63, 3.8) is 0 Å². The van der Waals surface area contributed by atoms with E-state index in [4.69, 9.17) is 18.9 Å². The Morgan fingerprint density at radius 2 is 1.45 bits per heavy atom. The number of aliphatic hydroxyl groups is 3. The molecule has 3 N–H and O–H groups in total. The van der Waals surface area contributed by atoms with Crippen molar-refractivity contribution in [2.75, 3.05) is 0 Å². The summed E-state index contributed by atoms with van der Waals surface area (Å²) in [4.78, 5) is 0.335. The summed E-state index contributed by atoms with van der Waals surface area (Å²) in [5.74, 6) is 0. The zero-order chi connectivity index (χ0) is 28.4. The van der Waals surface area contributed by atoms with Crippen LogP contribution in [-0.2, 0) is 18.9 Å². The van der Waals surface area contributed by atoms with Crippen molar-refractivity contribution in [3.05, 3.63) is 0 Å². The molecule has 0 bridgehead atoms. The highest BCUT2D eigenvalue weighted by molar-refractivity contribution is 9.09. The summed E-state index contributed by atoms with van der Waals surface area (Å²) in [5, 5.41) is 32.9. The van der Waals surface area contributed by atoms with Crippen LogP contribution in [0.5, 0.6) is 0 Å². The largest absolute Gasteiger partial charge is 0.390 e. The molecule has 4 aliphatic heterocycles. The SMILES string of the molecule is CC(C)(O)[C@H]1CC[C@](C)([C@H](O)CC[C@](C)(O)[C@@H]2CC[C@@H]3O[C@H]([C@@]4(C)CC[C@H](Br)C(C)(C)O4)CC[C@@]3(C)O2)O1. The maximum atomic E-state index is 11.5. The fourth-order valence-corrected chi connectivity index (χ4v) is 7.60. The van der Waals surface area contributed by atoms with E-state index >= 15 is 0 Å². The normalized spacial score (nSPS) is 46.3. The number of aliphatic hydroxyl groups excluding tert-OH is 1. The Morgan fingerprint density at radius 1 is 0.816 bits per heavy atom. The molecule has 0 aliphatic carbocycles. The van der Waals surface area contributed by atoms with Crippen LogP contribution in [0.1, 0.15) is 120 Å². The summed E-state index contributed by atoms with van der Waals surface area (Å²) in [6.45, 7) is 15.8. The van der Waals surface area contributed by atoms with E-state index in [0.717, 1.165) is 32.1 Å². The molecule has 4 aliphatic rings. The van der Waals surface area contributed by atoms with Gasteiger partial charge in [-0.2, -0.15) is 0 Å². The number of alkyl halides is 1. The third kappa shape index (κ3) is 6.18. The van der Waals surface area contributed by atoms with E-state index in [1.807, 2.05) is 13.8 Å². The maximum absolute atomic E-state index is 11.5. The van der Waals surface area contributed by atoms with E-state index in [9.17, 15) is 15.3 Å². The molecule has 0 amide bonds. The third-order valence-electron chi connectivity index (χ3n) is 10.3. The average molecular weight is 606 g/mol. The monoisotopic (exact) mass is 604 g/mol. The van der Waals surface area contributed by atoms with Gasteiger partial charge in [-0.15, -0.1) is 0 Å². The number of ether oxygens (including phenoxy) is 4. The molecule has 4 rings (SSSR count). The summed E-state index contributed by atoms with van der Waals surface area (Å²) in [5.41, 5.74) is -3.78. The van der Waals surface area contributed by atoms with Gasteiger partial charge in [0.25, 0.3) is 0 Å². The predicted octanol–water partition coefficient (Wildman–Crippen LogP) is 5.18. The van der Waals surface area contributed by atoms with Crippen LogP contribution in [0.15, 0.2) is 0 Å². The van der Waals surface area contributed by atoms with E-state index in [0.29, 0.717) is 36.9 Å². The molecule has 222 valence electrons. The van der Waals surface area contributed by atoms with E-state index in [-0.39, 0.29) is 35.6 Å². The van der Waals surface area contributed by atoms with Gasteiger partial charge in [-0.3, -0.25) is 0 Å². The first-order valence-corrected chi connectivity index (χ1v) is 15.7. The zero-order valence-corrected chi connectivity index (χ0v) is 26.5. The van der Waals surface area contributed by atoms with Crippen LogP contribution >= 0.6 is 15.9 Å². The number of hydrogen-bond donors (Lipinski definition) is 3. The minimum Gasteiger partial charge on any atom is -0.390 e. The van der Waals surface area contributed by atoms with Crippen molar-refractivity contribution in [3.8, 4) is 0 Å². The molecule has 0 aromatic carbocycles. The fourth-order valence-electron chi connectivity index (χ4n) is 7.27. The lowest BCUT2D eigenvalue weighted by atomic mass is 9.75. The van der Waals surface area contributed by atoms with E-state index in [2.05, 4.69) is 43.6 Å². The van der Waals surface area contributed by atoms with Crippen molar-refractivity contribution in [1.82, 2.24) is 0 Å². The number of halogens is 1. The summed E-state index contributed by atoms with van der Waals surface area (Å²) >= 11 is 3.79. The van der Waals surface area contributed by atoms with Crippen molar-refractivity contribution < 1.29 is 34.3 Å². The zero-order valence-electron chi connectivity index (χ0n) is 24.9. The molecule has 0 unspecified atom stereocenters. The second-order valence-corrected chi connectivity index (χ2v) is 15.8. The van der Waals surface area contributed by atoms with Gasteiger partial charge in [0.1, 0.15) is 0 Å². The summed E-state index contributed by atoms with van der Waals surface area (Å²) in [7, 11) is 0. The van der Waals surface area contributed by atoms with Gasteiger partial charge in [-0.25, -0.2) is 0 Å². The number of hydrogen-bond acceptors (Lipinski definition) is 7. The van der Waals surface area contributed by atoms with Gasteiger partial charge in [0.05, 0.1) is 64.1 Å². The first-order chi connectivity index (χ1) is 17.3. The minimum absolute atomic E-state index is 0.0236. The lowest BCUT2D eigenvalue weighted by Gasteiger charge is -2.56. The fraction of sp³-hybridized carbons (Fsp3) is 1.00. The highest BCUT2D eigenvalue weighted by Gasteiger charge is 2.55. The first kappa shape index (κ1) is 31.1. The molecular weight excluding hydrogens is 552 g/mol. The molecule has 0 radical (unpaired) electrons. The van der Waals surface area contributed by atoms with Gasteiger partial charge in [0.15, 0.2) is 0 Å². The highest BCUT2D eigenvalue weighted by Crippen LogP contribution is 2.49. The van der Waals surface area contributed by atoms with E-state index < -0.39 is 28.5 Å². The van der Waals surface area contributed by atoms with Crippen LogP contribution in [0, 0.1) is 0 Å². The van der Waals surface area contributed by atoms with Crippen LogP contribution in [-0.4, -0.2) is 84.3 Å². The Kier molecular flexibility index (Phi) is 8.59. The molecule has 7 nitrogen and oxygen atoms in total. The quantitative estimate of drug-likeness (QED) is 0.344. The van der Waals surface area contributed by atoms with Crippen LogP contribution in [0.4, 0.5) is 0 Å². The molecule has 4 saturated heterocycles. The second-order valence-electron chi connectivity index (χ2n) is 14.7. The second kappa shape index (κ2) is 10.5. The van der Waals surface area contributed by atoms with Crippen molar-refractivity contribution in [2.24, 2.45) is 0 Å². The molecule has 0 aromatic rings. The topological polar surface area (TPSA) is 97.6 Å². The minimum atomic E-state index is -1.08. The van der Waals surface area contributed by atoms with Crippen molar-refractivity contribution in [2.45, 2.75) is 189 Å². The van der Waals surface area contributed by atoms with Crippen LogP contribution in [0.2, 0.25) is 0 Å². The smallest absolute Gasteiger partial charge is 0.0923 e. The molecule has 0 aromatic heterocycles. The summed E-state index contributed by atoms with van der Waals surface area (Å²) in [6, 6.07) is 0. The van der Waals surface area contributed by atoms with Gasteiger partial charge in [0.2, 0.25) is 0 Å². The Labute approximate surface area is 238 Å². The molecule has 0 spiro atoms. The Hall–Kier alpha value is 0.200. The van der Waals surface area contributed by atoms with Gasteiger partial charge in [-0.05, 0) is 120 Å². The first-order valence-electron chi connectivity index (χ1n) is 14.8. The molecule has 4 fully saturated rings. The standard InChI is InChI=1S/C30H53BrO7/c1-25(2,33)21-13-17-28(6,36-21)20(32)12-15-27(5,34)22-9-10-23-29(7,37-22)18-14-24(35-23)30(8)16-11-19(31)26(3,4)38-30/h19-24,32-34H,9-18H2,1-8H3/t19-,20+,21+,22-,23-,24-,27-,28+,29+,30+/m0/s1. The van der Waals surface area contributed by atoms with Crippen LogP contribution < -0.4 is 0 Å². The van der Waals surface area contributed by atoms with E-state index in [1.54, 1.807) is 13.8 Å².